The number of rotatable bonds is 4. The van der Waals surface area contributed by atoms with Crippen molar-refractivity contribution in [2.45, 2.75) is 6.04 Å². The number of nitrogens with one attached hydrogen (secondary N) is 1. The molecule has 0 heterocycles. The number of halogens is 4. The van der Waals surface area contributed by atoms with Crippen LogP contribution in [0.15, 0.2) is 34.8 Å². The van der Waals surface area contributed by atoms with Gasteiger partial charge in [0.2, 0.25) is 0 Å². The maximum Gasteiger partial charge on any atom is 0.141 e. The molecule has 0 saturated heterocycles. The molecule has 0 aliphatic heterocycles. The summed E-state index contributed by atoms with van der Waals surface area (Å²) in [5.74, 6) is -1.68. The molecule has 0 amide bonds. The van der Waals surface area contributed by atoms with Crippen molar-refractivity contribution >= 4 is 15.9 Å². The Kier molecular flexibility index (Phi) is 4.90. The zero-order chi connectivity index (χ0) is 15.6. The standard InChI is InChI=1S/C15H13BrF3NO/c1-20-15(14-10(17)4-3-5-11(14)18)8-6-9(16)12(19)7-13(8)21-2/h3-7,15,20H,1-2H3. The van der Waals surface area contributed by atoms with Gasteiger partial charge in [0.15, 0.2) is 0 Å². The number of hydrogen-bond acceptors (Lipinski definition) is 2. The average molecular weight is 360 g/mol. The van der Waals surface area contributed by atoms with E-state index in [-0.39, 0.29) is 15.8 Å². The van der Waals surface area contributed by atoms with Crippen LogP contribution in [0.1, 0.15) is 17.2 Å². The summed E-state index contributed by atoms with van der Waals surface area (Å²) in [5.41, 5.74) is 0.286. The minimum Gasteiger partial charge on any atom is -0.496 e. The molecule has 1 unspecified atom stereocenters. The van der Waals surface area contributed by atoms with Gasteiger partial charge in [-0.05, 0) is 41.2 Å². The molecule has 2 rings (SSSR count). The molecule has 0 fully saturated rings. The van der Waals surface area contributed by atoms with Crippen molar-refractivity contribution in [3.05, 3.63) is 63.4 Å². The van der Waals surface area contributed by atoms with E-state index in [0.717, 1.165) is 0 Å². The first kappa shape index (κ1) is 15.9. The van der Waals surface area contributed by atoms with Crippen molar-refractivity contribution in [1.29, 1.82) is 0 Å². The lowest BCUT2D eigenvalue weighted by Gasteiger charge is -2.21. The highest BCUT2D eigenvalue weighted by atomic mass is 79.9. The third-order valence-electron chi connectivity index (χ3n) is 3.16. The van der Waals surface area contributed by atoms with E-state index in [1.807, 2.05) is 0 Å². The minimum absolute atomic E-state index is 0.142. The number of methoxy groups -OCH3 is 1. The molecule has 0 saturated carbocycles. The molecule has 2 aromatic rings. The number of ether oxygens (including phenoxy) is 1. The Labute approximate surface area is 129 Å². The lowest BCUT2D eigenvalue weighted by Crippen LogP contribution is -2.21. The second-order valence-electron chi connectivity index (χ2n) is 4.37. The van der Waals surface area contributed by atoms with Crippen molar-refractivity contribution in [2.24, 2.45) is 0 Å². The molecule has 2 aromatic carbocycles. The predicted molar refractivity (Wildman–Crippen MR) is 77.9 cm³/mol. The fourth-order valence-electron chi connectivity index (χ4n) is 2.19. The Bertz CT molecular complexity index is 643. The topological polar surface area (TPSA) is 21.3 Å². The second-order valence-corrected chi connectivity index (χ2v) is 5.22. The van der Waals surface area contributed by atoms with Gasteiger partial charge < -0.3 is 10.1 Å². The fraction of sp³-hybridized carbons (Fsp3) is 0.200. The summed E-state index contributed by atoms with van der Waals surface area (Å²) in [5, 5.41) is 2.83. The van der Waals surface area contributed by atoms with Crippen LogP contribution in [0.5, 0.6) is 5.75 Å². The van der Waals surface area contributed by atoms with Crippen LogP contribution in [0.4, 0.5) is 13.2 Å². The van der Waals surface area contributed by atoms with Crippen molar-refractivity contribution < 1.29 is 17.9 Å². The monoisotopic (exact) mass is 359 g/mol. The van der Waals surface area contributed by atoms with E-state index in [1.54, 1.807) is 7.05 Å². The van der Waals surface area contributed by atoms with Crippen molar-refractivity contribution in [2.75, 3.05) is 14.2 Å². The molecule has 21 heavy (non-hydrogen) atoms. The van der Waals surface area contributed by atoms with Gasteiger partial charge in [-0.3, -0.25) is 0 Å². The Balaban J connectivity index is 2.64. The van der Waals surface area contributed by atoms with Gasteiger partial charge in [0, 0.05) is 17.2 Å². The summed E-state index contributed by atoms with van der Waals surface area (Å²) in [6.07, 6.45) is 0. The lowest BCUT2D eigenvalue weighted by molar-refractivity contribution is 0.399. The molecule has 0 aliphatic carbocycles. The van der Waals surface area contributed by atoms with E-state index in [1.165, 1.54) is 37.4 Å². The quantitative estimate of drug-likeness (QED) is 0.883. The van der Waals surface area contributed by atoms with Gasteiger partial charge in [-0.1, -0.05) is 6.07 Å². The zero-order valence-corrected chi connectivity index (χ0v) is 13.0. The van der Waals surface area contributed by atoms with Gasteiger partial charge >= 0.3 is 0 Å². The molecule has 0 radical (unpaired) electrons. The van der Waals surface area contributed by atoms with Crippen LogP contribution in [0.25, 0.3) is 0 Å². The van der Waals surface area contributed by atoms with Gasteiger partial charge in [0.1, 0.15) is 23.2 Å². The third-order valence-corrected chi connectivity index (χ3v) is 3.77. The molecule has 1 N–H and O–H groups in total. The summed E-state index contributed by atoms with van der Waals surface area (Å²) in [7, 11) is 2.93. The average Bonchev–Trinajstić information content (AvgIpc) is 2.46. The van der Waals surface area contributed by atoms with E-state index < -0.39 is 23.5 Å². The highest BCUT2D eigenvalue weighted by molar-refractivity contribution is 9.10. The molecular weight excluding hydrogens is 347 g/mol. The third kappa shape index (κ3) is 3.06. The van der Waals surface area contributed by atoms with Gasteiger partial charge in [-0.25, -0.2) is 13.2 Å². The van der Waals surface area contributed by atoms with Gasteiger partial charge in [-0.15, -0.1) is 0 Å². The molecule has 112 valence electrons. The Hall–Kier alpha value is -1.53. The Morgan fingerprint density at radius 1 is 1.10 bits per heavy atom. The second kappa shape index (κ2) is 6.49. The summed E-state index contributed by atoms with van der Waals surface area (Å²) >= 11 is 3.07. The summed E-state index contributed by atoms with van der Waals surface area (Å²) in [6, 6.07) is 5.45. The van der Waals surface area contributed by atoms with Crippen LogP contribution >= 0.6 is 15.9 Å². The van der Waals surface area contributed by atoms with Gasteiger partial charge in [0.05, 0.1) is 17.6 Å². The molecule has 0 bridgehead atoms. The Morgan fingerprint density at radius 3 is 2.24 bits per heavy atom. The predicted octanol–water partition coefficient (Wildman–Crippen LogP) is 4.18. The van der Waals surface area contributed by atoms with Crippen molar-refractivity contribution in [3.8, 4) is 5.75 Å². The number of hydrogen-bond donors (Lipinski definition) is 1. The van der Waals surface area contributed by atoms with Crippen LogP contribution in [0, 0.1) is 17.5 Å². The van der Waals surface area contributed by atoms with E-state index in [2.05, 4.69) is 21.2 Å². The van der Waals surface area contributed by atoms with E-state index in [0.29, 0.717) is 5.56 Å². The molecule has 0 aromatic heterocycles. The largest absolute Gasteiger partial charge is 0.496 e. The molecule has 0 aliphatic rings. The van der Waals surface area contributed by atoms with Crippen molar-refractivity contribution in [1.82, 2.24) is 5.32 Å². The zero-order valence-electron chi connectivity index (χ0n) is 11.4. The summed E-state index contributed by atoms with van der Waals surface area (Å²) in [4.78, 5) is 0. The number of benzene rings is 2. The normalized spacial score (nSPS) is 12.3. The SMILES string of the molecule is CNC(c1cc(Br)c(F)cc1OC)c1c(F)cccc1F. The summed E-state index contributed by atoms with van der Waals surface area (Å²) in [6.45, 7) is 0. The summed E-state index contributed by atoms with van der Waals surface area (Å²) < 4.78 is 46.9. The van der Waals surface area contributed by atoms with Gasteiger partial charge in [-0.2, -0.15) is 0 Å². The highest BCUT2D eigenvalue weighted by Gasteiger charge is 2.24. The maximum atomic E-state index is 14.0. The fourth-order valence-corrected chi connectivity index (χ4v) is 2.55. The van der Waals surface area contributed by atoms with Crippen LogP contribution in [0.3, 0.4) is 0 Å². The first-order valence-corrected chi connectivity index (χ1v) is 6.93. The maximum absolute atomic E-state index is 14.0. The Morgan fingerprint density at radius 2 is 1.71 bits per heavy atom. The molecule has 0 spiro atoms. The first-order valence-electron chi connectivity index (χ1n) is 6.13. The highest BCUT2D eigenvalue weighted by Crippen LogP contribution is 2.35. The first-order chi connectivity index (χ1) is 9.99. The van der Waals surface area contributed by atoms with Gasteiger partial charge in [0.25, 0.3) is 0 Å². The van der Waals surface area contributed by atoms with Crippen LogP contribution in [-0.4, -0.2) is 14.2 Å². The van der Waals surface area contributed by atoms with Crippen LogP contribution < -0.4 is 10.1 Å². The molecule has 1 atom stereocenters. The minimum atomic E-state index is -0.807. The smallest absolute Gasteiger partial charge is 0.141 e. The molecule has 2 nitrogen and oxygen atoms in total. The van der Waals surface area contributed by atoms with E-state index >= 15 is 0 Å². The van der Waals surface area contributed by atoms with Crippen LogP contribution in [0.2, 0.25) is 0 Å². The van der Waals surface area contributed by atoms with E-state index in [9.17, 15) is 13.2 Å². The van der Waals surface area contributed by atoms with E-state index in [4.69, 9.17) is 4.74 Å². The van der Waals surface area contributed by atoms with Crippen LogP contribution in [-0.2, 0) is 0 Å². The van der Waals surface area contributed by atoms with Crippen molar-refractivity contribution in [3.63, 3.8) is 0 Å². The lowest BCUT2D eigenvalue weighted by atomic mass is 9.97. The molecular formula is C15H13BrF3NO. The molecule has 6 heteroatoms.